The number of carbonyl (C=O) groups excluding carboxylic acids is 2. The molecule has 150 valence electrons. The zero-order chi connectivity index (χ0) is 21.2. The molecule has 1 N–H and O–H groups in total. The topological polar surface area (TPSA) is 120 Å². The van der Waals surface area contributed by atoms with Gasteiger partial charge in [0.15, 0.2) is 6.10 Å². The summed E-state index contributed by atoms with van der Waals surface area (Å²) in [7, 11) is 5.08. The van der Waals surface area contributed by atoms with Crippen LogP contribution in [0.1, 0.15) is 28.7 Å². The molecular formula is C18H23N5O5. The minimum Gasteiger partial charge on any atom is -0.449 e. The zero-order valence-electron chi connectivity index (χ0n) is 16.6. The molecule has 10 nitrogen and oxygen atoms in total. The number of amides is 1. The summed E-state index contributed by atoms with van der Waals surface area (Å²) in [4.78, 5) is 37.0. The number of esters is 1. The van der Waals surface area contributed by atoms with E-state index in [2.05, 4.69) is 10.4 Å². The molecule has 0 aliphatic rings. The van der Waals surface area contributed by atoms with Crippen molar-refractivity contribution in [1.82, 2.24) is 9.78 Å². The number of aryl methyl sites for hydroxylation is 2. The quantitative estimate of drug-likeness (QED) is 0.457. The Bertz CT molecular complexity index is 935. The molecule has 0 unspecified atom stereocenters. The molecule has 2 aromatic rings. The first kappa shape index (κ1) is 20.9. The third-order valence-corrected chi connectivity index (χ3v) is 4.30. The lowest BCUT2D eigenvalue weighted by molar-refractivity contribution is -0.384. The Kier molecular flexibility index (Phi) is 6.02. The van der Waals surface area contributed by atoms with Gasteiger partial charge in [0.25, 0.3) is 11.6 Å². The lowest BCUT2D eigenvalue weighted by atomic mass is 10.1. The van der Waals surface area contributed by atoms with Crippen molar-refractivity contribution in [3.63, 3.8) is 0 Å². The molecule has 0 saturated heterocycles. The standard InChI is InChI=1S/C18H23N5O5/c1-10-16(11(2)22(6)20-10)19-17(24)12(3)28-18(25)13-7-8-14(21(4)5)15(9-13)23(26)27/h7-9,12H,1-6H3,(H,19,24)/t12-/m1/s1. The highest BCUT2D eigenvalue weighted by molar-refractivity contribution is 5.98. The maximum atomic E-state index is 12.4. The smallest absolute Gasteiger partial charge is 0.339 e. The monoisotopic (exact) mass is 389 g/mol. The maximum absolute atomic E-state index is 12.4. The van der Waals surface area contributed by atoms with Gasteiger partial charge >= 0.3 is 5.97 Å². The van der Waals surface area contributed by atoms with Gasteiger partial charge in [0.05, 0.1) is 27.6 Å². The summed E-state index contributed by atoms with van der Waals surface area (Å²) in [5, 5.41) is 18.2. The normalized spacial score (nSPS) is 11.6. The first-order valence-corrected chi connectivity index (χ1v) is 8.50. The molecule has 0 saturated carbocycles. The van der Waals surface area contributed by atoms with Gasteiger partial charge in [-0.25, -0.2) is 4.79 Å². The van der Waals surface area contributed by atoms with Gasteiger partial charge in [0.1, 0.15) is 5.69 Å². The second kappa shape index (κ2) is 8.07. The molecule has 10 heteroatoms. The van der Waals surface area contributed by atoms with Crippen molar-refractivity contribution in [3.05, 3.63) is 45.3 Å². The van der Waals surface area contributed by atoms with Crippen LogP contribution in [0, 0.1) is 24.0 Å². The van der Waals surface area contributed by atoms with Crippen LogP contribution < -0.4 is 10.2 Å². The number of nitro benzene ring substituents is 1. The van der Waals surface area contributed by atoms with Crippen molar-refractivity contribution in [2.45, 2.75) is 26.9 Å². The first-order chi connectivity index (χ1) is 13.0. The van der Waals surface area contributed by atoms with Gasteiger partial charge in [-0.3, -0.25) is 19.6 Å². The summed E-state index contributed by atoms with van der Waals surface area (Å²) >= 11 is 0. The average molecular weight is 389 g/mol. The van der Waals surface area contributed by atoms with Crippen LogP contribution in [0.4, 0.5) is 17.1 Å². The summed E-state index contributed by atoms with van der Waals surface area (Å²) in [6, 6.07) is 4.02. The number of aromatic nitrogens is 2. The largest absolute Gasteiger partial charge is 0.449 e. The van der Waals surface area contributed by atoms with Gasteiger partial charge in [0, 0.05) is 27.2 Å². The number of carbonyl (C=O) groups is 2. The third kappa shape index (κ3) is 4.27. The van der Waals surface area contributed by atoms with Crippen molar-refractivity contribution >= 4 is 28.9 Å². The third-order valence-electron chi connectivity index (χ3n) is 4.30. The summed E-state index contributed by atoms with van der Waals surface area (Å²) in [6.45, 7) is 4.99. The second-order valence-electron chi connectivity index (χ2n) is 6.56. The maximum Gasteiger partial charge on any atom is 0.339 e. The van der Waals surface area contributed by atoms with Crippen LogP contribution in [0.15, 0.2) is 18.2 Å². The zero-order valence-corrected chi connectivity index (χ0v) is 16.6. The minimum absolute atomic E-state index is 0.00862. The minimum atomic E-state index is -1.10. The van der Waals surface area contributed by atoms with Crippen molar-refractivity contribution in [2.75, 3.05) is 24.3 Å². The Balaban J connectivity index is 2.14. The Hall–Kier alpha value is -3.43. The molecule has 28 heavy (non-hydrogen) atoms. The van der Waals surface area contributed by atoms with Gasteiger partial charge in [-0.15, -0.1) is 0 Å². The summed E-state index contributed by atoms with van der Waals surface area (Å²) in [6.07, 6.45) is -1.10. The number of ether oxygens (including phenoxy) is 1. The van der Waals surface area contributed by atoms with Crippen molar-refractivity contribution < 1.29 is 19.2 Å². The van der Waals surface area contributed by atoms with Crippen molar-refractivity contribution in [1.29, 1.82) is 0 Å². The molecule has 1 heterocycles. The fourth-order valence-corrected chi connectivity index (χ4v) is 2.64. The number of hydrogen-bond acceptors (Lipinski definition) is 7. The van der Waals surface area contributed by atoms with E-state index in [4.69, 9.17) is 4.74 Å². The van der Waals surface area contributed by atoms with Crippen LogP contribution in [0.3, 0.4) is 0 Å². The van der Waals surface area contributed by atoms with Gasteiger partial charge in [-0.2, -0.15) is 5.10 Å². The van der Waals surface area contributed by atoms with Crippen LogP contribution in [0.25, 0.3) is 0 Å². The van der Waals surface area contributed by atoms with E-state index < -0.39 is 22.9 Å². The predicted molar refractivity (Wildman–Crippen MR) is 104 cm³/mol. The van der Waals surface area contributed by atoms with Crippen molar-refractivity contribution in [2.24, 2.45) is 7.05 Å². The van der Waals surface area contributed by atoms with E-state index in [0.717, 1.165) is 11.8 Å². The number of nitrogens with one attached hydrogen (secondary N) is 1. The highest BCUT2D eigenvalue weighted by atomic mass is 16.6. The van der Waals surface area contributed by atoms with E-state index in [1.54, 1.807) is 44.6 Å². The molecule has 0 aliphatic carbocycles. The Labute approximate surface area is 162 Å². The molecule has 1 amide bonds. The number of nitro groups is 1. The molecule has 0 spiro atoms. The Morgan fingerprint density at radius 1 is 1.32 bits per heavy atom. The molecule has 1 aromatic heterocycles. The van der Waals surface area contributed by atoms with Gasteiger partial charge < -0.3 is 15.0 Å². The van der Waals surface area contributed by atoms with E-state index in [-0.39, 0.29) is 11.3 Å². The van der Waals surface area contributed by atoms with E-state index >= 15 is 0 Å². The molecule has 0 fully saturated rings. The van der Waals surface area contributed by atoms with E-state index in [1.807, 2.05) is 0 Å². The fourth-order valence-electron chi connectivity index (χ4n) is 2.64. The lowest BCUT2D eigenvalue weighted by Gasteiger charge is -2.15. The number of rotatable bonds is 6. The SMILES string of the molecule is Cc1nn(C)c(C)c1NC(=O)[C@@H](C)OC(=O)c1ccc(N(C)C)c([N+](=O)[O-])c1. The van der Waals surface area contributed by atoms with Gasteiger partial charge in [-0.05, 0) is 32.9 Å². The number of nitrogens with zero attached hydrogens (tertiary/aromatic N) is 4. The summed E-state index contributed by atoms with van der Waals surface area (Å²) < 4.78 is 6.81. The average Bonchev–Trinajstić information content (AvgIpc) is 2.86. The number of anilines is 2. The van der Waals surface area contributed by atoms with Crippen LogP contribution >= 0.6 is 0 Å². The molecule has 1 aromatic carbocycles. The van der Waals surface area contributed by atoms with E-state index in [0.29, 0.717) is 17.1 Å². The van der Waals surface area contributed by atoms with Crippen LogP contribution in [-0.4, -0.2) is 46.8 Å². The molecule has 0 bridgehead atoms. The fraction of sp³-hybridized carbons (Fsp3) is 0.389. The molecule has 2 rings (SSSR count). The van der Waals surface area contributed by atoms with Crippen LogP contribution in [-0.2, 0) is 16.6 Å². The van der Waals surface area contributed by atoms with Crippen LogP contribution in [0.5, 0.6) is 0 Å². The number of hydrogen-bond donors (Lipinski definition) is 1. The Morgan fingerprint density at radius 3 is 2.46 bits per heavy atom. The number of benzene rings is 1. The summed E-state index contributed by atoms with van der Waals surface area (Å²) in [5.74, 6) is -1.34. The molecule has 1 atom stereocenters. The van der Waals surface area contributed by atoms with Crippen LogP contribution in [0.2, 0.25) is 0 Å². The molecule has 0 aliphatic heterocycles. The van der Waals surface area contributed by atoms with E-state index in [1.165, 1.54) is 19.1 Å². The Morgan fingerprint density at radius 2 is 1.96 bits per heavy atom. The van der Waals surface area contributed by atoms with Crippen molar-refractivity contribution in [3.8, 4) is 0 Å². The summed E-state index contributed by atoms with van der Waals surface area (Å²) in [5.41, 5.74) is 2.08. The van der Waals surface area contributed by atoms with Gasteiger partial charge in [0.2, 0.25) is 0 Å². The lowest BCUT2D eigenvalue weighted by Crippen LogP contribution is -2.30. The van der Waals surface area contributed by atoms with E-state index in [9.17, 15) is 19.7 Å². The first-order valence-electron chi connectivity index (χ1n) is 8.50. The molecular weight excluding hydrogens is 366 g/mol. The molecule has 0 radical (unpaired) electrons. The highest BCUT2D eigenvalue weighted by Gasteiger charge is 2.24. The highest BCUT2D eigenvalue weighted by Crippen LogP contribution is 2.28. The second-order valence-corrected chi connectivity index (χ2v) is 6.56. The predicted octanol–water partition coefficient (Wildman–Crippen LogP) is 2.20. The van der Waals surface area contributed by atoms with Gasteiger partial charge in [-0.1, -0.05) is 0 Å².